The van der Waals surface area contributed by atoms with Gasteiger partial charge in [-0.1, -0.05) is 6.92 Å². The van der Waals surface area contributed by atoms with Gasteiger partial charge in [0.2, 0.25) is 5.91 Å². The normalized spacial score (nSPS) is 11.6. The van der Waals surface area contributed by atoms with Crippen LogP contribution in [0.2, 0.25) is 0 Å². The zero-order valence-electron chi connectivity index (χ0n) is 12.3. The number of hydrogen-bond acceptors (Lipinski definition) is 5. The van der Waals surface area contributed by atoms with Crippen LogP contribution in [0.5, 0.6) is 0 Å². The molecule has 0 radical (unpaired) electrons. The van der Waals surface area contributed by atoms with Crippen LogP contribution in [0.25, 0.3) is 0 Å². The van der Waals surface area contributed by atoms with E-state index in [2.05, 4.69) is 10.1 Å². The molecule has 0 aliphatic carbocycles. The van der Waals surface area contributed by atoms with Crippen LogP contribution in [0.3, 0.4) is 0 Å². The average molecular weight is 309 g/mol. The fourth-order valence-electron chi connectivity index (χ4n) is 1.58. The van der Waals surface area contributed by atoms with Crippen LogP contribution in [-0.2, 0) is 14.3 Å². The van der Waals surface area contributed by atoms with Crippen molar-refractivity contribution < 1.29 is 19.1 Å². The van der Waals surface area contributed by atoms with Gasteiger partial charge in [0.1, 0.15) is 0 Å². The average Bonchev–Trinajstić information content (AvgIpc) is 2.46. The van der Waals surface area contributed by atoms with E-state index in [1.54, 1.807) is 31.2 Å². The highest BCUT2D eigenvalue weighted by atomic mass is 32.2. The first-order chi connectivity index (χ1) is 9.93. The van der Waals surface area contributed by atoms with Crippen LogP contribution < -0.4 is 5.32 Å². The van der Waals surface area contributed by atoms with E-state index in [0.29, 0.717) is 17.0 Å². The lowest BCUT2D eigenvalue weighted by Crippen LogP contribution is -2.18. The largest absolute Gasteiger partial charge is 0.469 e. The molecule has 1 aromatic carbocycles. The summed E-state index contributed by atoms with van der Waals surface area (Å²) in [6, 6.07) is 6.72. The molecule has 0 spiro atoms. The molecule has 1 amide bonds. The first kappa shape index (κ1) is 17.2. The Kier molecular flexibility index (Phi) is 6.94. The molecule has 0 aromatic heterocycles. The molecule has 0 saturated heterocycles. The van der Waals surface area contributed by atoms with Gasteiger partial charge in [-0.2, -0.15) is 11.8 Å². The van der Waals surface area contributed by atoms with Crippen LogP contribution in [0, 0.1) is 5.92 Å². The van der Waals surface area contributed by atoms with Gasteiger partial charge in [-0.3, -0.25) is 14.4 Å². The molecule has 0 fully saturated rings. The molecule has 0 bridgehead atoms. The predicted molar refractivity (Wildman–Crippen MR) is 83.6 cm³/mol. The lowest BCUT2D eigenvalue weighted by atomic mass is 10.1. The molecular weight excluding hydrogens is 290 g/mol. The van der Waals surface area contributed by atoms with Crippen molar-refractivity contribution in [2.24, 2.45) is 5.92 Å². The summed E-state index contributed by atoms with van der Waals surface area (Å²) in [4.78, 5) is 34.1. The highest BCUT2D eigenvalue weighted by Gasteiger charge is 2.13. The Morgan fingerprint density at radius 1 is 1.24 bits per heavy atom. The van der Waals surface area contributed by atoms with Crippen molar-refractivity contribution in [1.82, 2.24) is 0 Å². The van der Waals surface area contributed by atoms with Crippen LogP contribution in [0.4, 0.5) is 5.69 Å². The number of ether oxygens (including phenoxy) is 1. The summed E-state index contributed by atoms with van der Waals surface area (Å²) in [6.07, 6.45) is 0. The third-order valence-corrected chi connectivity index (χ3v) is 3.98. The van der Waals surface area contributed by atoms with Gasteiger partial charge in [0.05, 0.1) is 18.8 Å². The number of carbonyl (C=O) groups is 3. The topological polar surface area (TPSA) is 72.5 Å². The number of ketones is 1. The van der Waals surface area contributed by atoms with E-state index < -0.39 is 0 Å². The van der Waals surface area contributed by atoms with E-state index in [0.717, 1.165) is 0 Å². The number of esters is 1. The van der Waals surface area contributed by atoms with Crippen LogP contribution in [0.15, 0.2) is 24.3 Å². The third-order valence-electron chi connectivity index (χ3n) is 2.78. The number of benzene rings is 1. The number of Topliss-reactive ketones (excluding diaryl/α,β-unsaturated/α-hetero) is 1. The van der Waals surface area contributed by atoms with E-state index in [1.807, 2.05) is 0 Å². The number of rotatable bonds is 7. The van der Waals surface area contributed by atoms with E-state index in [9.17, 15) is 14.4 Å². The summed E-state index contributed by atoms with van der Waals surface area (Å²) < 4.78 is 4.62. The smallest absolute Gasteiger partial charge is 0.309 e. The Bertz CT molecular complexity index is 513. The van der Waals surface area contributed by atoms with Crippen molar-refractivity contribution in [3.63, 3.8) is 0 Å². The molecule has 1 aromatic rings. The Morgan fingerprint density at radius 3 is 2.38 bits per heavy atom. The molecule has 0 aliphatic heterocycles. The highest BCUT2D eigenvalue weighted by molar-refractivity contribution is 8.00. The van der Waals surface area contributed by atoms with Gasteiger partial charge in [0, 0.05) is 17.0 Å². The summed E-state index contributed by atoms with van der Waals surface area (Å²) >= 11 is 1.37. The Morgan fingerprint density at radius 2 is 1.86 bits per heavy atom. The van der Waals surface area contributed by atoms with Gasteiger partial charge in [-0.15, -0.1) is 0 Å². The van der Waals surface area contributed by atoms with Gasteiger partial charge in [0.15, 0.2) is 5.78 Å². The quantitative estimate of drug-likeness (QED) is 0.618. The lowest BCUT2D eigenvalue weighted by Gasteiger charge is -2.09. The first-order valence-corrected chi connectivity index (χ1v) is 7.66. The third kappa shape index (κ3) is 5.99. The van der Waals surface area contributed by atoms with Gasteiger partial charge >= 0.3 is 5.97 Å². The summed E-state index contributed by atoms with van der Waals surface area (Å²) in [6.45, 7) is 3.25. The minimum absolute atomic E-state index is 0.0137. The second-order valence-corrected chi connectivity index (χ2v) is 5.65. The maximum atomic E-state index is 11.7. The molecule has 6 heteroatoms. The Hall–Kier alpha value is -1.82. The molecule has 1 rings (SSSR count). The molecule has 114 valence electrons. The van der Waals surface area contributed by atoms with Gasteiger partial charge in [-0.05, 0) is 31.2 Å². The summed E-state index contributed by atoms with van der Waals surface area (Å²) in [5.74, 6) is 0.123. The van der Waals surface area contributed by atoms with Crippen molar-refractivity contribution in [2.45, 2.75) is 13.8 Å². The van der Waals surface area contributed by atoms with Crippen molar-refractivity contribution in [1.29, 1.82) is 0 Å². The minimum atomic E-state index is -0.275. The second-order valence-electron chi connectivity index (χ2n) is 4.62. The van der Waals surface area contributed by atoms with Gasteiger partial charge in [0.25, 0.3) is 0 Å². The fourth-order valence-corrected chi connectivity index (χ4v) is 2.45. The van der Waals surface area contributed by atoms with E-state index in [4.69, 9.17) is 0 Å². The number of carbonyl (C=O) groups excluding carboxylic acids is 3. The zero-order chi connectivity index (χ0) is 15.8. The maximum Gasteiger partial charge on any atom is 0.309 e. The minimum Gasteiger partial charge on any atom is -0.469 e. The summed E-state index contributed by atoms with van der Waals surface area (Å²) in [5, 5.41) is 2.74. The zero-order valence-corrected chi connectivity index (χ0v) is 13.2. The van der Waals surface area contributed by atoms with Gasteiger partial charge in [-0.25, -0.2) is 0 Å². The molecule has 1 N–H and O–H groups in total. The molecule has 5 nitrogen and oxygen atoms in total. The van der Waals surface area contributed by atoms with Crippen molar-refractivity contribution in [3.8, 4) is 0 Å². The second kappa shape index (κ2) is 8.46. The molecular formula is C15H19NO4S. The first-order valence-electron chi connectivity index (χ1n) is 6.50. The van der Waals surface area contributed by atoms with E-state index >= 15 is 0 Å². The number of hydrogen-bond donors (Lipinski definition) is 1. The Labute approximate surface area is 128 Å². The SMILES string of the molecule is COC(=O)C(C)CSCC(=O)Nc1ccc(C(C)=O)cc1. The fraction of sp³-hybridized carbons (Fsp3) is 0.400. The molecule has 1 atom stereocenters. The van der Waals surface area contributed by atoms with Crippen LogP contribution >= 0.6 is 11.8 Å². The van der Waals surface area contributed by atoms with Crippen LogP contribution in [0.1, 0.15) is 24.2 Å². The number of nitrogens with one attached hydrogen (secondary N) is 1. The van der Waals surface area contributed by atoms with Crippen molar-refractivity contribution in [2.75, 3.05) is 23.9 Å². The van der Waals surface area contributed by atoms with E-state index in [-0.39, 0.29) is 29.3 Å². The van der Waals surface area contributed by atoms with Crippen molar-refractivity contribution >= 4 is 35.1 Å². The molecule has 1 unspecified atom stereocenters. The van der Waals surface area contributed by atoms with Crippen molar-refractivity contribution in [3.05, 3.63) is 29.8 Å². The number of anilines is 1. The predicted octanol–water partition coefficient (Wildman–Crippen LogP) is 2.37. The van der Waals surface area contributed by atoms with E-state index in [1.165, 1.54) is 25.8 Å². The monoisotopic (exact) mass is 309 g/mol. The maximum absolute atomic E-state index is 11.7. The van der Waals surface area contributed by atoms with Gasteiger partial charge < -0.3 is 10.1 Å². The molecule has 21 heavy (non-hydrogen) atoms. The summed E-state index contributed by atoms with van der Waals surface area (Å²) in [5.41, 5.74) is 1.25. The molecule has 0 heterocycles. The lowest BCUT2D eigenvalue weighted by molar-refractivity contribution is -0.144. The number of methoxy groups -OCH3 is 1. The van der Waals surface area contributed by atoms with Crippen LogP contribution in [-0.4, -0.2) is 36.3 Å². The number of thioether (sulfide) groups is 1. The highest BCUT2D eigenvalue weighted by Crippen LogP contribution is 2.13. The Balaban J connectivity index is 2.37. The molecule has 0 saturated carbocycles. The summed E-state index contributed by atoms with van der Waals surface area (Å²) in [7, 11) is 1.35. The standard InChI is InChI=1S/C15H19NO4S/c1-10(15(19)20-3)8-21-9-14(18)16-13-6-4-12(5-7-13)11(2)17/h4-7,10H,8-9H2,1-3H3,(H,16,18). The molecule has 0 aliphatic rings. The number of amides is 1.